The summed E-state index contributed by atoms with van der Waals surface area (Å²) < 4.78 is 5.54. The van der Waals surface area contributed by atoms with Crippen LogP contribution >= 0.6 is 15.9 Å². The first-order valence-corrected chi connectivity index (χ1v) is 7.96. The molecule has 4 heteroatoms. The number of alkyl halides is 1. The minimum Gasteiger partial charge on any atom is -0.507 e. The van der Waals surface area contributed by atoms with Gasteiger partial charge < -0.3 is 9.84 Å². The molecule has 0 spiro atoms. The van der Waals surface area contributed by atoms with Crippen molar-refractivity contribution in [3.63, 3.8) is 0 Å². The maximum atomic E-state index is 12.3. The van der Waals surface area contributed by atoms with E-state index in [1.807, 2.05) is 6.07 Å². The second-order valence-electron chi connectivity index (χ2n) is 4.62. The standard InChI is InChI=1S/C17H17BrO3/c18-10-4-5-11-21-14-8-9-15(16(19)12-14)17(20)13-6-2-1-3-7-13/h1-3,6-9,12,19H,4-5,10-11H2. The van der Waals surface area contributed by atoms with Crippen molar-refractivity contribution in [1.82, 2.24) is 0 Å². The number of ketones is 1. The van der Waals surface area contributed by atoms with Gasteiger partial charge in [-0.25, -0.2) is 0 Å². The van der Waals surface area contributed by atoms with Gasteiger partial charge in [0.1, 0.15) is 11.5 Å². The van der Waals surface area contributed by atoms with Crippen molar-refractivity contribution < 1.29 is 14.6 Å². The fourth-order valence-corrected chi connectivity index (χ4v) is 2.32. The Balaban J connectivity index is 2.07. The number of phenolic OH excluding ortho intramolecular Hbond substituents is 1. The summed E-state index contributed by atoms with van der Waals surface area (Å²) in [7, 11) is 0. The first kappa shape index (κ1) is 15.6. The van der Waals surface area contributed by atoms with Gasteiger partial charge in [0.25, 0.3) is 0 Å². The Bertz CT molecular complexity index is 596. The number of carbonyl (C=O) groups excluding carboxylic acids is 1. The second kappa shape index (κ2) is 7.84. The number of ether oxygens (including phenoxy) is 1. The van der Waals surface area contributed by atoms with Crippen LogP contribution in [0.15, 0.2) is 48.5 Å². The van der Waals surface area contributed by atoms with Gasteiger partial charge in [-0.05, 0) is 25.0 Å². The van der Waals surface area contributed by atoms with Gasteiger partial charge in [0, 0.05) is 17.0 Å². The van der Waals surface area contributed by atoms with Gasteiger partial charge in [-0.1, -0.05) is 46.3 Å². The van der Waals surface area contributed by atoms with E-state index in [1.165, 1.54) is 6.07 Å². The lowest BCUT2D eigenvalue weighted by molar-refractivity contribution is 0.103. The van der Waals surface area contributed by atoms with Crippen LogP contribution in [0.1, 0.15) is 28.8 Å². The molecule has 0 heterocycles. The van der Waals surface area contributed by atoms with Crippen LogP contribution in [0.5, 0.6) is 11.5 Å². The van der Waals surface area contributed by atoms with E-state index in [0.717, 1.165) is 18.2 Å². The highest BCUT2D eigenvalue weighted by Crippen LogP contribution is 2.26. The molecule has 2 aromatic carbocycles. The van der Waals surface area contributed by atoms with Crippen molar-refractivity contribution in [2.75, 3.05) is 11.9 Å². The van der Waals surface area contributed by atoms with Crippen LogP contribution in [0.4, 0.5) is 0 Å². The van der Waals surface area contributed by atoms with Gasteiger partial charge in [0.2, 0.25) is 0 Å². The first-order valence-electron chi connectivity index (χ1n) is 6.84. The lowest BCUT2D eigenvalue weighted by atomic mass is 10.0. The summed E-state index contributed by atoms with van der Waals surface area (Å²) >= 11 is 3.36. The van der Waals surface area contributed by atoms with Crippen molar-refractivity contribution in [3.05, 3.63) is 59.7 Å². The predicted octanol–water partition coefficient (Wildman–Crippen LogP) is 4.18. The zero-order valence-electron chi connectivity index (χ0n) is 11.6. The zero-order chi connectivity index (χ0) is 15.1. The SMILES string of the molecule is O=C(c1ccccc1)c1ccc(OCCCCBr)cc1O. The Morgan fingerprint density at radius 3 is 2.52 bits per heavy atom. The third-order valence-electron chi connectivity index (χ3n) is 3.05. The van der Waals surface area contributed by atoms with Gasteiger partial charge in [0.05, 0.1) is 12.2 Å². The normalized spacial score (nSPS) is 10.3. The van der Waals surface area contributed by atoms with E-state index in [4.69, 9.17) is 4.74 Å². The third kappa shape index (κ3) is 4.33. The first-order chi connectivity index (χ1) is 10.2. The lowest BCUT2D eigenvalue weighted by Crippen LogP contribution is -2.02. The summed E-state index contributed by atoms with van der Waals surface area (Å²) in [5.74, 6) is 0.326. The van der Waals surface area contributed by atoms with Gasteiger partial charge in [-0.3, -0.25) is 4.79 Å². The number of hydrogen-bond donors (Lipinski definition) is 1. The Hall–Kier alpha value is -1.81. The van der Waals surface area contributed by atoms with Crippen molar-refractivity contribution in [1.29, 1.82) is 0 Å². The molecule has 3 nitrogen and oxygen atoms in total. The molecule has 0 atom stereocenters. The maximum Gasteiger partial charge on any atom is 0.196 e. The molecular formula is C17H17BrO3. The molecule has 0 unspecified atom stereocenters. The van der Waals surface area contributed by atoms with Crippen LogP contribution < -0.4 is 4.74 Å². The van der Waals surface area contributed by atoms with Crippen molar-refractivity contribution in [3.8, 4) is 11.5 Å². The number of benzene rings is 2. The summed E-state index contributed by atoms with van der Waals surface area (Å²) in [4.78, 5) is 12.3. The number of rotatable bonds is 7. The average Bonchev–Trinajstić information content (AvgIpc) is 2.52. The maximum absolute atomic E-state index is 12.3. The molecule has 0 bridgehead atoms. The third-order valence-corrected chi connectivity index (χ3v) is 3.61. The van der Waals surface area contributed by atoms with Crippen LogP contribution in [-0.2, 0) is 0 Å². The fourth-order valence-electron chi connectivity index (χ4n) is 1.92. The molecule has 21 heavy (non-hydrogen) atoms. The molecule has 0 saturated carbocycles. The zero-order valence-corrected chi connectivity index (χ0v) is 13.2. The Morgan fingerprint density at radius 1 is 1.10 bits per heavy atom. The van der Waals surface area contributed by atoms with E-state index >= 15 is 0 Å². The van der Waals surface area contributed by atoms with E-state index in [1.54, 1.807) is 36.4 Å². The molecule has 0 aliphatic carbocycles. The highest BCUT2D eigenvalue weighted by molar-refractivity contribution is 9.09. The number of aromatic hydroxyl groups is 1. The molecule has 0 aromatic heterocycles. The van der Waals surface area contributed by atoms with E-state index < -0.39 is 0 Å². The largest absolute Gasteiger partial charge is 0.507 e. The molecule has 110 valence electrons. The molecular weight excluding hydrogens is 332 g/mol. The summed E-state index contributed by atoms with van der Waals surface area (Å²) in [5, 5.41) is 11.0. The molecule has 0 saturated heterocycles. The predicted molar refractivity (Wildman–Crippen MR) is 86.5 cm³/mol. The number of hydrogen-bond acceptors (Lipinski definition) is 3. The summed E-state index contributed by atoms with van der Waals surface area (Å²) in [6.07, 6.45) is 1.98. The highest BCUT2D eigenvalue weighted by atomic mass is 79.9. The minimum absolute atomic E-state index is 0.0538. The molecule has 2 rings (SSSR count). The van der Waals surface area contributed by atoms with Crippen LogP contribution in [0.3, 0.4) is 0 Å². The Kier molecular flexibility index (Phi) is 5.81. The van der Waals surface area contributed by atoms with Gasteiger partial charge in [-0.15, -0.1) is 0 Å². The van der Waals surface area contributed by atoms with Gasteiger partial charge in [-0.2, -0.15) is 0 Å². The summed E-state index contributed by atoms with van der Waals surface area (Å²) in [6, 6.07) is 13.7. The number of phenols is 1. The summed E-state index contributed by atoms with van der Waals surface area (Å²) in [6.45, 7) is 0.594. The smallest absolute Gasteiger partial charge is 0.196 e. The average molecular weight is 349 g/mol. The van der Waals surface area contributed by atoms with Crippen LogP contribution in [-0.4, -0.2) is 22.8 Å². The van der Waals surface area contributed by atoms with Gasteiger partial charge in [0.15, 0.2) is 5.78 Å². The highest BCUT2D eigenvalue weighted by Gasteiger charge is 2.13. The van der Waals surface area contributed by atoms with Crippen LogP contribution in [0.25, 0.3) is 0 Å². The molecule has 0 aliphatic rings. The second-order valence-corrected chi connectivity index (χ2v) is 5.41. The van der Waals surface area contributed by atoms with Crippen molar-refractivity contribution >= 4 is 21.7 Å². The number of halogens is 1. The van der Waals surface area contributed by atoms with E-state index in [2.05, 4.69) is 15.9 Å². The minimum atomic E-state index is -0.195. The van der Waals surface area contributed by atoms with E-state index in [0.29, 0.717) is 17.9 Å². The van der Waals surface area contributed by atoms with Crippen LogP contribution in [0, 0.1) is 0 Å². The molecule has 1 N–H and O–H groups in total. The Labute approximate surface area is 132 Å². The van der Waals surface area contributed by atoms with Crippen LogP contribution in [0.2, 0.25) is 0 Å². The Morgan fingerprint density at radius 2 is 1.86 bits per heavy atom. The summed E-state index contributed by atoms with van der Waals surface area (Å²) in [5.41, 5.74) is 0.841. The monoisotopic (exact) mass is 348 g/mol. The topological polar surface area (TPSA) is 46.5 Å². The molecule has 0 amide bonds. The van der Waals surface area contributed by atoms with E-state index in [9.17, 15) is 9.90 Å². The van der Waals surface area contributed by atoms with Crippen molar-refractivity contribution in [2.45, 2.75) is 12.8 Å². The quantitative estimate of drug-likeness (QED) is 0.463. The number of carbonyl (C=O) groups is 1. The molecule has 0 aliphatic heterocycles. The molecule has 0 fully saturated rings. The molecule has 2 aromatic rings. The van der Waals surface area contributed by atoms with Gasteiger partial charge >= 0.3 is 0 Å². The molecule has 0 radical (unpaired) electrons. The fraction of sp³-hybridized carbons (Fsp3) is 0.235. The van der Waals surface area contributed by atoms with E-state index in [-0.39, 0.29) is 17.1 Å². The van der Waals surface area contributed by atoms with Crippen molar-refractivity contribution in [2.24, 2.45) is 0 Å². The number of unbranched alkanes of at least 4 members (excludes halogenated alkanes) is 1. The lowest BCUT2D eigenvalue weighted by Gasteiger charge is -2.08.